The fourth-order valence-electron chi connectivity index (χ4n) is 2.24. The minimum atomic E-state index is -0.303. The minimum absolute atomic E-state index is 0.303. The minimum Gasteiger partial charge on any atom is -0.493 e. The standard InChI is InChI=1S/C17H16N4O3/c1-23-15-6-3-11(7-16(15)24-2)9-20-21-17(22)12-4-5-13-14(8-12)19-10-18-13/h3-10H,1-2H3,(H,18,19)(H,21,22)/b20-9+. The average Bonchev–Trinajstić information content (AvgIpc) is 3.09. The lowest BCUT2D eigenvalue weighted by atomic mass is 10.2. The third-order valence-electron chi connectivity index (χ3n) is 3.47. The number of hydrazone groups is 1. The largest absolute Gasteiger partial charge is 0.493 e. The van der Waals surface area contributed by atoms with E-state index >= 15 is 0 Å². The van der Waals surface area contributed by atoms with E-state index in [4.69, 9.17) is 9.47 Å². The van der Waals surface area contributed by atoms with Crippen LogP contribution in [0.4, 0.5) is 0 Å². The highest BCUT2D eigenvalue weighted by atomic mass is 16.5. The van der Waals surface area contributed by atoms with Crippen LogP contribution < -0.4 is 14.9 Å². The molecule has 0 saturated heterocycles. The van der Waals surface area contributed by atoms with E-state index in [9.17, 15) is 4.79 Å². The number of carbonyl (C=O) groups is 1. The van der Waals surface area contributed by atoms with Crippen LogP contribution >= 0.6 is 0 Å². The van der Waals surface area contributed by atoms with Crippen LogP contribution in [-0.4, -0.2) is 36.3 Å². The van der Waals surface area contributed by atoms with E-state index in [-0.39, 0.29) is 5.91 Å². The molecule has 1 amide bonds. The van der Waals surface area contributed by atoms with Gasteiger partial charge in [-0.3, -0.25) is 4.79 Å². The molecule has 3 aromatic rings. The number of carbonyl (C=O) groups excluding carboxylic acids is 1. The zero-order valence-electron chi connectivity index (χ0n) is 13.2. The number of hydrogen-bond donors (Lipinski definition) is 2. The molecule has 24 heavy (non-hydrogen) atoms. The van der Waals surface area contributed by atoms with Gasteiger partial charge in [0, 0.05) is 5.56 Å². The van der Waals surface area contributed by atoms with Gasteiger partial charge >= 0.3 is 0 Å². The van der Waals surface area contributed by atoms with Gasteiger partial charge < -0.3 is 14.5 Å². The van der Waals surface area contributed by atoms with Gasteiger partial charge in [-0.15, -0.1) is 0 Å². The maximum atomic E-state index is 12.1. The number of H-pyrrole nitrogens is 1. The Morgan fingerprint density at radius 1 is 1.17 bits per heavy atom. The average molecular weight is 324 g/mol. The second-order valence-electron chi connectivity index (χ2n) is 4.95. The summed E-state index contributed by atoms with van der Waals surface area (Å²) in [5.41, 5.74) is 5.37. The van der Waals surface area contributed by atoms with Gasteiger partial charge in [0.25, 0.3) is 5.91 Å². The van der Waals surface area contributed by atoms with Gasteiger partial charge in [0.05, 0.1) is 37.8 Å². The number of nitrogens with zero attached hydrogens (tertiary/aromatic N) is 2. The highest BCUT2D eigenvalue weighted by Crippen LogP contribution is 2.26. The highest BCUT2D eigenvalue weighted by Gasteiger charge is 2.06. The lowest BCUT2D eigenvalue weighted by molar-refractivity contribution is 0.0955. The summed E-state index contributed by atoms with van der Waals surface area (Å²) in [4.78, 5) is 19.2. The molecule has 122 valence electrons. The van der Waals surface area contributed by atoms with Crippen LogP contribution in [0.1, 0.15) is 15.9 Å². The number of hydrogen-bond acceptors (Lipinski definition) is 5. The number of amides is 1. The summed E-state index contributed by atoms with van der Waals surface area (Å²) in [6, 6.07) is 10.6. The molecule has 3 rings (SSSR count). The summed E-state index contributed by atoms with van der Waals surface area (Å²) in [6.45, 7) is 0. The quantitative estimate of drug-likeness (QED) is 0.557. The van der Waals surface area contributed by atoms with Crippen LogP contribution in [0.15, 0.2) is 47.8 Å². The Morgan fingerprint density at radius 3 is 2.79 bits per heavy atom. The van der Waals surface area contributed by atoms with Crippen molar-refractivity contribution in [2.24, 2.45) is 5.10 Å². The van der Waals surface area contributed by atoms with Crippen molar-refractivity contribution in [3.05, 3.63) is 53.9 Å². The summed E-state index contributed by atoms with van der Waals surface area (Å²) in [6.07, 6.45) is 3.12. The smallest absolute Gasteiger partial charge is 0.271 e. The molecule has 0 unspecified atom stereocenters. The Balaban J connectivity index is 1.70. The lowest BCUT2D eigenvalue weighted by Gasteiger charge is -2.07. The maximum absolute atomic E-state index is 12.1. The first-order chi connectivity index (χ1) is 11.7. The Morgan fingerprint density at radius 2 is 2.00 bits per heavy atom. The molecule has 0 radical (unpaired) electrons. The molecule has 1 aromatic heterocycles. The third kappa shape index (κ3) is 3.19. The molecule has 2 aromatic carbocycles. The maximum Gasteiger partial charge on any atom is 0.271 e. The Kier molecular flexibility index (Phi) is 4.42. The zero-order valence-corrected chi connectivity index (χ0v) is 13.2. The molecule has 2 N–H and O–H groups in total. The van der Waals surface area contributed by atoms with Gasteiger partial charge in [-0.05, 0) is 42.0 Å². The second-order valence-corrected chi connectivity index (χ2v) is 4.95. The van der Waals surface area contributed by atoms with Crippen molar-refractivity contribution in [1.29, 1.82) is 0 Å². The van der Waals surface area contributed by atoms with Crippen LogP contribution in [0, 0.1) is 0 Å². The number of rotatable bonds is 5. The van der Waals surface area contributed by atoms with Crippen molar-refractivity contribution in [2.45, 2.75) is 0 Å². The first-order valence-electron chi connectivity index (χ1n) is 7.20. The number of aromatic nitrogens is 2. The van der Waals surface area contributed by atoms with E-state index < -0.39 is 0 Å². The van der Waals surface area contributed by atoms with Gasteiger partial charge in [-0.1, -0.05) is 0 Å². The van der Waals surface area contributed by atoms with Crippen molar-refractivity contribution in [1.82, 2.24) is 15.4 Å². The van der Waals surface area contributed by atoms with Crippen molar-refractivity contribution in [2.75, 3.05) is 14.2 Å². The molecular formula is C17H16N4O3. The molecule has 0 aliphatic heterocycles. The normalized spacial score (nSPS) is 10.9. The van der Waals surface area contributed by atoms with Crippen molar-refractivity contribution < 1.29 is 14.3 Å². The number of fused-ring (bicyclic) bond motifs is 1. The summed E-state index contributed by atoms with van der Waals surface area (Å²) < 4.78 is 10.4. The number of imidazole rings is 1. The van der Waals surface area contributed by atoms with Crippen LogP contribution in [0.3, 0.4) is 0 Å². The fraction of sp³-hybridized carbons (Fsp3) is 0.118. The van der Waals surface area contributed by atoms with Gasteiger partial charge in [-0.25, -0.2) is 10.4 Å². The first-order valence-corrected chi connectivity index (χ1v) is 7.20. The van der Waals surface area contributed by atoms with Crippen LogP contribution in [0.5, 0.6) is 11.5 Å². The van der Waals surface area contributed by atoms with Crippen LogP contribution in [0.25, 0.3) is 11.0 Å². The van der Waals surface area contributed by atoms with E-state index in [0.29, 0.717) is 17.1 Å². The van der Waals surface area contributed by atoms with E-state index in [0.717, 1.165) is 16.6 Å². The van der Waals surface area contributed by atoms with Crippen LogP contribution in [-0.2, 0) is 0 Å². The Hall–Kier alpha value is -3.35. The Labute approximate surface area is 138 Å². The zero-order chi connectivity index (χ0) is 16.9. The molecule has 7 nitrogen and oxygen atoms in total. The first kappa shape index (κ1) is 15.5. The van der Waals surface area contributed by atoms with Crippen molar-refractivity contribution >= 4 is 23.2 Å². The molecule has 0 bridgehead atoms. The molecule has 0 aliphatic rings. The molecule has 0 spiro atoms. The summed E-state index contributed by atoms with van der Waals surface area (Å²) in [5.74, 6) is 0.923. The molecule has 0 saturated carbocycles. The number of nitrogens with one attached hydrogen (secondary N) is 2. The predicted octanol–water partition coefficient (Wildman–Crippen LogP) is 2.34. The molecule has 7 heteroatoms. The Bertz CT molecular complexity index is 902. The van der Waals surface area contributed by atoms with E-state index in [1.807, 2.05) is 6.07 Å². The summed E-state index contributed by atoms with van der Waals surface area (Å²) >= 11 is 0. The molecular weight excluding hydrogens is 308 g/mol. The van der Waals surface area contributed by atoms with Crippen LogP contribution in [0.2, 0.25) is 0 Å². The van der Waals surface area contributed by atoms with Gasteiger partial charge in [-0.2, -0.15) is 5.10 Å². The number of aromatic amines is 1. The summed E-state index contributed by atoms with van der Waals surface area (Å²) in [7, 11) is 3.13. The van der Waals surface area contributed by atoms with E-state index in [1.54, 1.807) is 50.9 Å². The third-order valence-corrected chi connectivity index (χ3v) is 3.47. The lowest BCUT2D eigenvalue weighted by Crippen LogP contribution is -2.17. The SMILES string of the molecule is COc1ccc(/C=N/NC(=O)c2ccc3nc[nH]c3c2)cc1OC. The number of methoxy groups -OCH3 is 2. The summed E-state index contributed by atoms with van der Waals surface area (Å²) in [5, 5.41) is 3.97. The van der Waals surface area contributed by atoms with Gasteiger partial charge in [0.1, 0.15) is 0 Å². The van der Waals surface area contributed by atoms with E-state index in [2.05, 4.69) is 20.5 Å². The topological polar surface area (TPSA) is 88.6 Å². The highest BCUT2D eigenvalue weighted by molar-refractivity contribution is 5.97. The van der Waals surface area contributed by atoms with Gasteiger partial charge in [0.15, 0.2) is 11.5 Å². The molecule has 0 fully saturated rings. The van der Waals surface area contributed by atoms with E-state index in [1.165, 1.54) is 6.21 Å². The van der Waals surface area contributed by atoms with Gasteiger partial charge in [0.2, 0.25) is 0 Å². The predicted molar refractivity (Wildman–Crippen MR) is 90.7 cm³/mol. The molecule has 1 heterocycles. The number of benzene rings is 2. The second kappa shape index (κ2) is 6.82. The molecule has 0 aliphatic carbocycles. The van der Waals surface area contributed by atoms with Crippen molar-refractivity contribution in [3.8, 4) is 11.5 Å². The van der Waals surface area contributed by atoms with Crippen molar-refractivity contribution in [3.63, 3.8) is 0 Å². The fourth-order valence-corrected chi connectivity index (χ4v) is 2.24. The molecule has 0 atom stereocenters. The monoisotopic (exact) mass is 324 g/mol. The number of ether oxygens (including phenoxy) is 2.